The van der Waals surface area contributed by atoms with Crippen LogP contribution in [0.3, 0.4) is 0 Å². The van der Waals surface area contributed by atoms with Gasteiger partial charge in [0.1, 0.15) is 17.7 Å². The second kappa shape index (κ2) is 16.0. The summed E-state index contributed by atoms with van der Waals surface area (Å²) >= 11 is 3.69. The molecule has 3 fully saturated rings. The Balaban J connectivity index is 1.86. The van der Waals surface area contributed by atoms with E-state index in [2.05, 4.69) is 41.3 Å². The molecular weight excluding hydrogens is 606 g/mol. The minimum Gasteiger partial charge on any atom is -0.460 e. The fourth-order valence-electron chi connectivity index (χ4n) is 6.56. The van der Waals surface area contributed by atoms with Crippen LogP contribution in [0.1, 0.15) is 71.6 Å². The Hall–Kier alpha value is -2.24. The van der Waals surface area contributed by atoms with Gasteiger partial charge in [-0.3, -0.25) is 19.2 Å². The average Bonchev–Trinajstić information content (AvgIpc) is 3.55. The van der Waals surface area contributed by atoms with Crippen LogP contribution in [0, 0.1) is 11.8 Å². The van der Waals surface area contributed by atoms with Gasteiger partial charge in [-0.15, -0.1) is 13.2 Å². The van der Waals surface area contributed by atoms with Gasteiger partial charge in [0.05, 0.1) is 24.5 Å². The van der Waals surface area contributed by atoms with Gasteiger partial charge in [0.2, 0.25) is 17.7 Å². The zero-order chi connectivity index (χ0) is 30.9. The molecule has 3 aliphatic rings. The standard InChI is InChI=1S/C31H48BrN3O7/c1-5-8-11-16-34(15-7-3)29(39)27-31-19-22(32)26(42-31)24(25(31)28(38)35(27)17-12-10-13-18-36)30(40)41-21(4)20-33-23(37)14-9-6-2/h6-7,21-22,24-27,36H,2-3,5,8-20H2,1,4H3,(H,33,37)/t21-,22?,24-,25+,26-,27-,31+/m0/s1. The van der Waals surface area contributed by atoms with Gasteiger partial charge in [0.15, 0.2) is 0 Å². The number of fused-ring (bicyclic) bond motifs is 1. The lowest BCUT2D eigenvalue weighted by Gasteiger charge is -2.37. The molecule has 3 rings (SSSR count). The number of aliphatic hydroxyl groups is 1. The zero-order valence-electron chi connectivity index (χ0n) is 25.1. The number of carbonyl (C=O) groups is 4. The Kier molecular flexibility index (Phi) is 13.1. The number of allylic oxidation sites excluding steroid dienone is 1. The van der Waals surface area contributed by atoms with Crippen LogP contribution >= 0.6 is 15.9 Å². The molecule has 3 saturated heterocycles. The SMILES string of the molecule is C=CCCC(=O)NC[C@H](C)OC(=O)[C@@H]1[C@H]2O[C@@]3(CC2Br)[C@H](C(=O)N(CC=C)CCCCC)N(CCCCCO)C(=O)[C@@H]13. The molecule has 3 aliphatic heterocycles. The molecule has 3 heterocycles. The molecule has 236 valence electrons. The van der Waals surface area contributed by atoms with Gasteiger partial charge in [-0.05, 0) is 45.4 Å². The number of esters is 1. The molecular formula is C31H48BrN3O7. The number of rotatable bonds is 19. The van der Waals surface area contributed by atoms with Crippen molar-refractivity contribution in [3.05, 3.63) is 25.3 Å². The topological polar surface area (TPSA) is 125 Å². The number of nitrogens with one attached hydrogen (secondary N) is 1. The number of hydrogen-bond donors (Lipinski definition) is 2. The Morgan fingerprint density at radius 3 is 2.67 bits per heavy atom. The lowest BCUT2D eigenvalue weighted by molar-refractivity contribution is -0.159. The molecule has 0 aromatic rings. The number of unbranched alkanes of at least 4 members (excludes halogenated alkanes) is 4. The number of likely N-dealkylation sites (tertiary alicyclic amines) is 1. The van der Waals surface area contributed by atoms with E-state index in [1.54, 1.807) is 28.9 Å². The smallest absolute Gasteiger partial charge is 0.312 e. The highest BCUT2D eigenvalue weighted by Crippen LogP contribution is 2.60. The number of aliphatic hydroxyl groups excluding tert-OH is 1. The zero-order valence-corrected chi connectivity index (χ0v) is 26.7. The number of carbonyl (C=O) groups excluding carboxylic acids is 4. The van der Waals surface area contributed by atoms with E-state index in [0.29, 0.717) is 58.2 Å². The fourth-order valence-corrected chi connectivity index (χ4v) is 7.50. The summed E-state index contributed by atoms with van der Waals surface area (Å²) in [5.41, 5.74) is -1.15. The third kappa shape index (κ3) is 7.45. The van der Waals surface area contributed by atoms with Gasteiger partial charge in [-0.25, -0.2) is 0 Å². The summed E-state index contributed by atoms with van der Waals surface area (Å²) in [6.07, 6.45) is 8.18. The molecule has 0 aromatic carbocycles. The molecule has 0 saturated carbocycles. The van der Waals surface area contributed by atoms with Crippen molar-refractivity contribution in [1.82, 2.24) is 15.1 Å². The lowest BCUT2D eigenvalue weighted by Crippen LogP contribution is -2.57. The van der Waals surface area contributed by atoms with Crippen molar-refractivity contribution >= 4 is 39.6 Å². The molecule has 2 bridgehead atoms. The summed E-state index contributed by atoms with van der Waals surface area (Å²) in [4.78, 5) is 57.2. The van der Waals surface area contributed by atoms with E-state index in [-0.39, 0.29) is 35.7 Å². The fraction of sp³-hybridized carbons (Fsp3) is 0.742. The van der Waals surface area contributed by atoms with Crippen molar-refractivity contribution in [2.75, 3.05) is 32.8 Å². The lowest BCUT2D eigenvalue weighted by atomic mass is 9.70. The first-order valence-electron chi connectivity index (χ1n) is 15.4. The first kappa shape index (κ1) is 34.3. The van der Waals surface area contributed by atoms with Crippen molar-refractivity contribution in [2.24, 2.45) is 11.8 Å². The number of amides is 3. The molecule has 1 unspecified atom stereocenters. The monoisotopic (exact) mass is 653 g/mol. The van der Waals surface area contributed by atoms with Crippen molar-refractivity contribution in [2.45, 2.75) is 100 Å². The molecule has 11 heteroatoms. The molecule has 7 atom stereocenters. The van der Waals surface area contributed by atoms with Gasteiger partial charge in [-0.1, -0.05) is 47.8 Å². The van der Waals surface area contributed by atoms with Crippen LogP contribution < -0.4 is 5.32 Å². The van der Waals surface area contributed by atoms with E-state index in [9.17, 15) is 24.3 Å². The second-order valence-corrected chi connectivity index (χ2v) is 12.8. The molecule has 3 amide bonds. The highest BCUT2D eigenvalue weighted by molar-refractivity contribution is 9.09. The van der Waals surface area contributed by atoms with Crippen LogP contribution in [-0.2, 0) is 28.7 Å². The van der Waals surface area contributed by atoms with E-state index in [1.807, 2.05) is 0 Å². The molecule has 0 aliphatic carbocycles. The summed E-state index contributed by atoms with van der Waals surface area (Å²) in [5.74, 6) is -2.89. The van der Waals surface area contributed by atoms with Crippen LogP contribution in [0.4, 0.5) is 0 Å². The van der Waals surface area contributed by atoms with Crippen LogP contribution in [0.5, 0.6) is 0 Å². The van der Waals surface area contributed by atoms with Crippen LogP contribution in [-0.4, -0.2) is 100 Å². The number of alkyl halides is 1. The first-order valence-corrected chi connectivity index (χ1v) is 16.3. The van der Waals surface area contributed by atoms with E-state index in [4.69, 9.17) is 9.47 Å². The summed E-state index contributed by atoms with van der Waals surface area (Å²) in [6.45, 7) is 12.7. The molecule has 2 N–H and O–H groups in total. The van der Waals surface area contributed by atoms with Crippen LogP contribution in [0.2, 0.25) is 0 Å². The predicted octanol–water partition coefficient (Wildman–Crippen LogP) is 3.12. The minimum atomic E-state index is -1.15. The van der Waals surface area contributed by atoms with Crippen molar-refractivity contribution < 1.29 is 33.8 Å². The van der Waals surface area contributed by atoms with E-state index >= 15 is 0 Å². The van der Waals surface area contributed by atoms with Crippen molar-refractivity contribution in [1.29, 1.82) is 0 Å². The number of nitrogens with zero attached hydrogens (tertiary/aromatic N) is 2. The van der Waals surface area contributed by atoms with Gasteiger partial charge < -0.3 is 29.7 Å². The maximum atomic E-state index is 14.3. The average molecular weight is 655 g/mol. The van der Waals surface area contributed by atoms with Crippen LogP contribution in [0.15, 0.2) is 25.3 Å². The van der Waals surface area contributed by atoms with Crippen molar-refractivity contribution in [3.8, 4) is 0 Å². The highest BCUT2D eigenvalue weighted by atomic mass is 79.9. The van der Waals surface area contributed by atoms with E-state index in [1.165, 1.54) is 0 Å². The van der Waals surface area contributed by atoms with E-state index < -0.39 is 41.7 Å². The first-order chi connectivity index (χ1) is 20.2. The molecule has 10 nitrogen and oxygen atoms in total. The predicted molar refractivity (Wildman–Crippen MR) is 163 cm³/mol. The maximum Gasteiger partial charge on any atom is 0.312 e. The van der Waals surface area contributed by atoms with Gasteiger partial charge in [0, 0.05) is 37.5 Å². The van der Waals surface area contributed by atoms with Gasteiger partial charge in [-0.2, -0.15) is 0 Å². The Labute approximate surface area is 258 Å². The highest BCUT2D eigenvalue weighted by Gasteiger charge is 2.77. The van der Waals surface area contributed by atoms with Gasteiger partial charge >= 0.3 is 5.97 Å². The molecule has 1 spiro atoms. The Morgan fingerprint density at radius 1 is 1.24 bits per heavy atom. The summed E-state index contributed by atoms with van der Waals surface area (Å²) in [6, 6.07) is -0.866. The second-order valence-electron chi connectivity index (χ2n) is 11.6. The number of halogens is 1. The molecule has 0 aromatic heterocycles. The summed E-state index contributed by atoms with van der Waals surface area (Å²) in [5, 5.41) is 12.0. The number of ether oxygens (including phenoxy) is 2. The van der Waals surface area contributed by atoms with Crippen LogP contribution in [0.25, 0.3) is 0 Å². The van der Waals surface area contributed by atoms with E-state index in [0.717, 1.165) is 19.3 Å². The quantitative estimate of drug-likeness (QED) is 0.0950. The normalized spacial score (nSPS) is 28.3. The van der Waals surface area contributed by atoms with Crippen molar-refractivity contribution in [3.63, 3.8) is 0 Å². The summed E-state index contributed by atoms with van der Waals surface area (Å²) in [7, 11) is 0. The number of hydrogen-bond acceptors (Lipinski definition) is 7. The Morgan fingerprint density at radius 2 is 2.00 bits per heavy atom. The third-order valence-electron chi connectivity index (χ3n) is 8.52. The molecule has 42 heavy (non-hydrogen) atoms. The molecule has 0 radical (unpaired) electrons. The minimum absolute atomic E-state index is 0.0598. The largest absolute Gasteiger partial charge is 0.460 e. The maximum absolute atomic E-state index is 14.3. The summed E-state index contributed by atoms with van der Waals surface area (Å²) < 4.78 is 12.3. The third-order valence-corrected chi connectivity index (χ3v) is 9.37. The van der Waals surface area contributed by atoms with Gasteiger partial charge in [0.25, 0.3) is 0 Å². The Bertz CT molecular complexity index is 994.